The number of rotatable bonds is 2. The first kappa shape index (κ1) is 15.2. The predicted molar refractivity (Wildman–Crippen MR) is 67.1 cm³/mol. The molecule has 1 aliphatic rings. The standard InChI is InChI=1S/C11H19NO2.C2H6/c1-4-11(14)12-6-5-9(8(2)3)10(13)7-12;1-2/h4,8-10,13H,1,5-7H2,2-3H3;1-2H3. The van der Waals surface area contributed by atoms with Crippen molar-refractivity contribution in [1.29, 1.82) is 0 Å². The average Bonchev–Trinajstić information content (AvgIpc) is 2.30. The lowest BCUT2D eigenvalue weighted by atomic mass is 9.84. The summed E-state index contributed by atoms with van der Waals surface area (Å²) >= 11 is 0. The van der Waals surface area contributed by atoms with E-state index in [2.05, 4.69) is 20.4 Å². The molecule has 0 aromatic rings. The van der Waals surface area contributed by atoms with Crippen LogP contribution in [-0.2, 0) is 4.79 Å². The second-order valence-electron chi connectivity index (χ2n) is 4.25. The van der Waals surface area contributed by atoms with E-state index in [1.807, 2.05) is 13.8 Å². The monoisotopic (exact) mass is 227 g/mol. The van der Waals surface area contributed by atoms with E-state index in [1.165, 1.54) is 6.08 Å². The molecule has 0 saturated carbocycles. The van der Waals surface area contributed by atoms with Gasteiger partial charge in [0, 0.05) is 13.1 Å². The summed E-state index contributed by atoms with van der Waals surface area (Å²) in [5.74, 6) is 0.723. The van der Waals surface area contributed by atoms with E-state index < -0.39 is 0 Å². The molecule has 1 amide bonds. The van der Waals surface area contributed by atoms with Crippen LogP contribution < -0.4 is 0 Å². The van der Waals surface area contributed by atoms with Gasteiger partial charge in [-0.1, -0.05) is 34.3 Å². The molecule has 0 bridgehead atoms. The molecule has 0 aliphatic carbocycles. The fraction of sp³-hybridized carbons (Fsp3) is 0.769. The van der Waals surface area contributed by atoms with Crippen LogP contribution in [-0.4, -0.2) is 35.1 Å². The summed E-state index contributed by atoms with van der Waals surface area (Å²) in [5, 5.41) is 9.83. The molecule has 0 spiro atoms. The molecule has 0 radical (unpaired) electrons. The van der Waals surface area contributed by atoms with E-state index in [1.54, 1.807) is 4.90 Å². The molecule has 1 saturated heterocycles. The van der Waals surface area contributed by atoms with E-state index in [-0.39, 0.29) is 12.0 Å². The zero-order valence-corrected chi connectivity index (χ0v) is 10.9. The third-order valence-electron chi connectivity index (χ3n) is 2.98. The maximum atomic E-state index is 11.3. The number of hydrogen-bond acceptors (Lipinski definition) is 2. The number of β-amino-alcohol motifs (C(OH)–C–C–N with tert-alkyl or cyclic N) is 1. The van der Waals surface area contributed by atoms with Gasteiger partial charge < -0.3 is 10.0 Å². The predicted octanol–water partition coefficient (Wildman–Crippen LogP) is 2.06. The average molecular weight is 227 g/mol. The highest BCUT2D eigenvalue weighted by molar-refractivity contribution is 5.87. The van der Waals surface area contributed by atoms with Crippen LogP contribution in [0.1, 0.15) is 34.1 Å². The summed E-state index contributed by atoms with van der Waals surface area (Å²) in [7, 11) is 0. The number of piperidine rings is 1. The minimum Gasteiger partial charge on any atom is -0.391 e. The lowest BCUT2D eigenvalue weighted by Gasteiger charge is -2.37. The molecular weight excluding hydrogens is 202 g/mol. The second kappa shape index (κ2) is 7.44. The fourth-order valence-corrected chi connectivity index (χ4v) is 2.06. The van der Waals surface area contributed by atoms with Gasteiger partial charge in [-0.25, -0.2) is 0 Å². The largest absolute Gasteiger partial charge is 0.391 e. The van der Waals surface area contributed by atoms with Crippen LogP contribution in [0.5, 0.6) is 0 Å². The van der Waals surface area contributed by atoms with Crippen LogP contribution in [0.3, 0.4) is 0 Å². The molecule has 3 heteroatoms. The molecule has 3 nitrogen and oxygen atoms in total. The van der Waals surface area contributed by atoms with Crippen LogP contribution in [0.15, 0.2) is 12.7 Å². The quantitative estimate of drug-likeness (QED) is 0.734. The number of hydrogen-bond donors (Lipinski definition) is 1. The van der Waals surface area contributed by atoms with E-state index in [9.17, 15) is 9.90 Å². The number of carbonyl (C=O) groups is 1. The third-order valence-corrected chi connectivity index (χ3v) is 2.98. The lowest BCUT2D eigenvalue weighted by Crippen LogP contribution is -2.47. The van der Waals surface area contributed by atoms with E-state index in [0.29, 0.717) is 18.4 Å². The Morgan fingerprint density at radius 3 is 2.44 bits per heavy atom. The summed E-state index contributed by atoms with van der Waals surface area (Å²) < 4.78 is 0. The number of amides is 1. The van der Waals surface area contributed by atoms with Gasteiger partial charge in [0.1, 0.15) is 0 Å². The van der Waals surface area contributed by atoms with Crippen molar-refractivity contribution in [2.45, 2.75) is 40.2 Å². The summed E-state index contributed by atoms with van der Waals surface area (Å²) in [6.07, 6.45) is 1.81. The summed E-state index contributed by atoms with van der Waals surface area (Å²) in [6.45, 7) is 12.9. The first-order chi connectivity index (χ1) is 7.56. The van der Waals surface area contributed by atoms with E-state index in [0.717, 1.165) is 13.0 Å². The van der Waals surface area contributed by atoms with Crippen molar-refractivity contribution in [2.75, 3.05) is 13.1 Å². The van der Waals surface area contributed by atoms with Gasteiger partial charge >= 0.3 is 0 Å². The molecule has 2 unspecified atom stereocenters. The van der Waals surface area contributed by atoms with Crippen molar-refractivity contribution in [1.82, 2.24) is 4.90 Å². The molecule has 1 rings (SSSR count). The molecule has 16 heavy (non-hydrogen) atoms. The van der Waals surface area contributed by atoms with Crippen LogP contribution in [0.25, 0.3) is 0 Å². The number of nitrogens with zero attached hydrogens (tertiary/aromatic N) is 1. The maximum Gasteiger partial charge on any atom is 0.246 e. The van der Waals surface area contributed by atoms with Gasteiger partial charge in [0.25, 0.3) is 0 Å². The molecule has 94 valence electrons. The smallest absolute Gasteiger partial charge is 0.246 e. The Morgan fingerprint density at radius 2 is 2.06 bits per heavy atom. The van der Waals surface area contributed by atoms with E-state index in [4.69, 9.17) is 0 Å². The Hall–Kier alpha value is -0.830. The maximum absolute atomic E-state index is 11.3. The zero-order chi connectivity index (χ0) is 12.7. The Balaban J connectivity index is 0.00000106. The minimum atomic E-state index is -0.382. The van der Waals surface area contributed by atoms with Crippen LogP contribution in [0, 0.1) is 11.8 Å². The first-order valence-corrected chi connectivity index (χ1v) is 6.15. The number of likely N-dealkylation sites (tertiary alicyclic amines) is 1. The van der Waals surface area contributed by atoms with Crippen molar-refractivity contribution >= 4 is 5.91 Å². The number of carbonyl (C=O) groups excluding carboxylic acids is 1. The first-order valence-electron chi connectivity index (χ1n) is 6.15. The van der Waals surface area contributed by atoms with Gasteiger partial charge in [0.15, 0.2) is 0 Å². The third kappa shape index (κ3) is 3.97. The Morgan fingerprint density at radius 1 is 1.50 bits per heavy atom. The van der Waals surface area contributed by atoms with Gasteiger partial charge in [-0.15, -0.1) is 0 Å². The molecule has 0 aromatic carbocycles. The Labute approximate surface area is 99.1 Å². The van der Waals surface area contributed by atoms with Crippen molar-refractivity contribution < 1.29 is 9.90 Å². The molecular formula is C13H25NO2. The lowest BCUT2D eigenvalue weighted by molar-refractivity contribution is -0.131. The van der Waals surface area contributed by atoms with Gasteiger partial charge in [-0.3, -0.25) is 4.79 Å². The van der Waals surface area contributed by atoms with Crippen LogP contribution >= 0.6 is 0 Å². The molecule has 1 fully saturated rings. The Bertz CT molecular complexity index is 226. The van der Waals surface area contributed by atoms with Crippen molar-refractivity contribution in [3.8, 4) is 0 Å². The summed E-state index contributed by atoms with van der Waals surface area (Å²) in [5.41, 5.74) is 0. The minimum absolute atomic E-state index is 0.0775. The summed E-state index contributed by atoms with van der Waals surface area (Å²) in [6, 6.07) is 0. The number of aliphatic hydroxyl groups is 1. The number of aliphatic hydroxyl groups excluding tert-OH is 1. The summed E-state index contributed by atoms with van der Waals surface area (Å²) in [4.78, 5) is 12.9. The molecule has 1 aliphatic heterocycles. The van der Waals surface area contributed by atoms with Gasteiger partial charge in [0.05, 0.1) is 6.10 Å². The highest BCUT2D eigenvalue weighted by Crippen LogP contribution is 2.24. The van der Waals surface area contributed by atoms with Gasteiger partial charge in [0.2, 0.25) is 5.91 Å². The Kier molecular flexibility index (Phi) is 7.06. The molecule has 1 N–H and O–H groups in total. The molecule has 0 aromatic heterocycles. The van der Waals surface area contributed by atoms with Gasteiger partial charge in [-0.05, 0) is 24.3 Å². The van der Waals surface area contributed by atoms with Crippen LogP contribution in [0.2, 0.25) is 0 Å². The van der Waals surface area contributed by atoms with Crippen molar-refractivity contribution in [3.05, 3.63) is 12.7 Å². The fourth-order valence-electron chi connectivity index (χ4n) is 2.06. The van der Waals surface area contributed by atoms with Gasteiger partial charge in [-0.2, -0.15) is 0 Å². The molecule has 1 heterocycles. The normalized spacial score (nSPS) is 24.8. The zero-order valence-electron chi connectivity index (χ0n) is 10.9. The topological polar surface area (TPSA) is 40.5 Å². The highest BCUT2D eigenvalue weighted by atomic mass is 16.3. The van der Waals surface area contributed by atoms with Crippen LogP contribution in [0.4, 0.5) is 0 Å². The SMILES string of the molecule is C=CC(=O)N1CCC(C(C)C)C(O)C1.CC. The van der Waals surface area contributed by atoms with Crippen molar-refractivity contribution in [2.24, 2.45) is 11.8 Å². The second-order valence-corrected chi connectivity index (χ2v) is 4.25. The highest BCUT2D eigenvalue weighted by Gasteiger charge is 2.30. The van der Waals surface area contributed by atoms with Crippen molar-refractivity contribution in [3.63, 3.8) is 0 Å². The molecule has 2 atom stereocenters. The van der Waals surface area contributed by atoms with E-state index >= 15 is 0 Å².